The van der Waals surface area contributed by atoms with E-state index in [1.54, 1.807) is 18.9 Å². The van der Waals surface area contributed by atoms with Gasteiger partial charge in [-0.2, -0.15) is 13.2 Å². The van der Waals surface area contributed by atoms with Crippen molar-refractivity contribution in [2.75, 3.05) is 59.3 Å². The van der Waals surface area contributed by atoms with Gasteiger partial charge in [0.2, 0.25) is 11.8 Å². The van der Waals surface area contributed by atoms with Crippen LogP contribution in [0.25, 0.3) is 0 Å². The topological polar surface area (TPSA) is 112 Å². The summed E-state index contributed by atoms with van der Waals surface area (Å²) in [7, 11) is 5.67. The Kier molecular flexibility index (Phi) is 15.6. The average molecular weight is 645 g/mol. The first-order chi connectivity index (χ1) is 21.1. The van der Waals surface area contributed by atoms with Crippen LogP contribution in [0, 0.1) is 5.92 Å². The Balaban J connectivity index is 2.37. The number of carbonyl (C=O) groups is 3. The number of hydrogen-bond acceptors (Lipinski definition) is 7. The molecule has 0 saturated carbocycles. The highest BCUT2D eigenvalue weighted by molar-refractivity contribution is 5.99. The molecular weight excluding hydrogens is 593 g/mol. The van der Waals surface area contributed by atoms with E-state index < -0.39 is 36.9 Å². The maximum absolute atomic E-state index is 14.1. The number of alkyl halides is 3. The van der Waals surface area contributed by atoms with Crippen LogP contribution >= 0.6 is 0 Å². The van der Waals surface area contributed by atoms with Gasteiger partial charge in [0.15, 0.2) is 0 Å². The van der Waals surface area contributed by atoms with Gasteiger partial charge in [-0.05, 0) is 78.4 Å². The van der Waals surface area contributed by atoms with Gasteiger partial charge in [0, 0.05) is 51.2 Å². The molecule has 1 aliphatic heterocycles. The van der Waals surface area contributed by atoms with E-state index in [9.17, 15) is 32.7 Å². The second-order valence-electron chi connectivity index (χ2n) is 12.4. The number of nitrogens with one attached hydrogen (secondary N) is 1. The number of amides is 3. The molecule has 0 radical (unpaired) electrons. The molecule has 0 bridgehead atoms. The maximum atomic E-state index is 14.1. The molecule has 2 N–H and O–H groups in total. The van der Waals surface area contributed by atoms with Crippen LogP contribution < -0.4 is 10.1 Å². The zero-order valence-electron chi connectivity index (χ0n) is 27.5. The lowest BCUT2D eigenvalue weighted by molar-refractivity contribution is -0.142. The number of benzene rings is 1. The highest BCUT2D eigenvalue weighted by Gasteiger charge is 2.31. The summed E-state index contributed by atoms with van der Waals surface area (Å²) >= 11 is 0. The van der Waals surface area contributed by atoms with Crippen LogP contribution in [0.5, 0.6) is 5.75 Å². The van der Waals surface area contributed by atoms with Gasteiger partial charge in [-0.3, -0.25) is 14.4 Å². The van der Waals surface area contributed by atoms with Gasteiger partial charge in [0.05, 0.1) is 36.8 Å². The van der Waals surface area contributed by atoms with Crippen molar-refractivity contribution < 1.29 is 42.1 Å². The zero-order chi connectivity index (χ0) is 33.7. The first-order valence-corrected chi connectivity index (χ1v) is 15.7. The number of fused-ring (bicyclic) bond motifs is 1. The van der Waals surface area contributed by atoms with Gasteiger partial charge >= 0.3 is 6.18 Å². The van der Waals surface area contributed by atoms with Gasteiger partial charge in [0.25, 0.3) is 5.91 Å². The molecule has 0 fully saturated rings. The van der Waals surface area contributed by atoms with E-state index in [4.69, 9.17) is 9.47 Å². The van der Waals surface area contributed by atoms with Crippen molar-refractivity contribution in [1.29, 1.82) is 0 Å². The second kappa shape index (κ2) is 18.3. The van der Waals surface area contributed by atoms with Crippen molar-refractivity contribution in [3.8, 4) is 5.75 Å². The predicted molar refractivity (Wildman–Crippen MR) is 166 cm³/mol. The number of likely N-dealkylation sites (N-methyl/N-ethyl adjacent to an activating group) is 1. The smallest absolute Gasteiger partial charge is 0.389 e. The molecule has 256 valence electrons. The predicted octanol–water partition coefficient (Wildman–Crippen LogP) is 4.56. The summed E-state index contributed by atoms with van der Waals surface area (Å²) in [5, 5.41) is 12.5. The number of aliphatic hydroxyl groups is 1. The molecule has 0 aromatic heterocycles. The molecule has 4 atom stereocenters. The second-order valence-corrected chi connectivity index (χ2v) is 12.4. The minimum atomic E-state index is -4.47. The number of ether oxygens (including phenoxy) is 2. The van der Waals surface area contributed by atoms with Crippen LogP contribution in [-0.2, 0) is 14.3 Å². The van der Waals surface area contributed by atoms with E-state index in [2.05, 4.69) is 5.32 Å². The van der Waals surface area contributed by atoms with E-state index in [-0.39, 0.29) is 54.2 Å². The Hall–Kier alpha value is -2.90. The molecule has 1 aromatic rings. The zero-order valence-corrected chi connectivity index (χ0v) is 27.5. The summed E-state index contributed by atoms with van der Waals surface area (Å²) in [4.78, 5) is 44.4. The van der Waals surface area contributed by atoms with Crippen molar-refractivity contribution in [1.82, 2.24) is 14.7 Å². The first kappa shape index (κ1) is 38.3. The van der Waals surface area contributed by atoms with Crippen LogP contribution in [0.3, 0.4) is 0 Å². The molecule has 0 saturated heterocycles. The number of anilines is 1. The Bertz CT molecular complexity index is 1100. The summed E-state index contributed by atoms with van der Waals surface area (Å²) in [5.41, 5.74) is 0.276. The number of hydrogen-bond donors (Lipinski definition) is 2. The third-order valence-electron chi connectivity index (χ3n) is 7.85. The van der Waals surface area contributed by atoms with E-state index in [1.165, 1.54) is 23.1 Å². The largest absolute Gasteiger partial charge is 0.490 e. The van der Waals surface area contributed by atoms with Crippen molar-refractivity contribution in [3.63, 3.8) is 0 Å². The van der Waals surface area contributed by atoms with E-state index in [0.717, 1.165) is 25.8 Å². The van der Waals surface area contributed by atoms with Crippen LogP contribution in [0.2, 0.25) is 0 Å². The Morgan fingerprint density at radius 2 is 1.87 bits per heavy atom. The number of nitrogens with zero attached hydrogens (tertiary/aromatic N) is 3. The van der Waals surface area contributed by atoms with Crippen LogP contribution in [-0.4, -0.2) is 116 Å². The number of carbonyl (C=O) groups excluding carboxylic acids is 3. The summed E-state index contributed by atoms with van der Waals surface area (Å²) < 4.78 is 50.4. The minimum Gasteiger partial charge on any atom is -0.490 e. The van der Waals surface area contributed by atoms with Crippen molar-refractivity contribution in [2.24, 2.45) is 5.92 Å². The average Bonchev–Trinajstić information content (AvgIpc) is 2.96. The van der Waals surface area contributed by atoms with Crippen LogP contribution in [0.15, 0.2) is 18.2 Å². The van der Waals surface area contributed by atoms with Gasteiger partial charge in [0.1, 0.15) is 5.75 Å². The van der Waals surface area contributed by atoms with Crippen molar-refractivity contribution in [2.45, 2.75) is 90.1 Å². The minimum absolute atomic E-state index is 0.00780. The Labute approximate surface area is 265 Å². The summed E-state index contributed by atoms with van der Waals surface area (Å²) in [6.45, 7) is 6.99. The summed E-state index contributed by atoms with van der Waals surface area (Å²) in [6.07, 6.45) is -3.75. The molecule has 2 rings (SSSR count). The third-order valence-corrected chi connectivity index (χ3v) is 7.85. The molecule has 1 heterocycles. The van der Waals surface area contributed by atoms with Gasteiger partial charge in [-0.25, -0.2) is 0 Å². The molecule has 13 heteroatoms. The Morgan fingerprint density at radius 1 is 1.16 bits per heavy atom. The number of rotatable bonds is 11. The molecule has 0 aliphatic carbocycles. The lowest BCUT2D eigenvalue weighted by atomic mass is 10.0. The number of halogens is 3. The van der Waals surface area contributed by atoms with Gasteiger partial charge in [-0.15, -0.1) is 0 Å². The van der Waals surface area contributed by atoms with Crippen LogP contribution in [0.1, 0.15) is 76.1 Å². The van der Waals surface area contributed by atoms with E-state index >= 15 is 0 Å². The highest BCUT2D eigenvalue weighted by atomic mass is 19.4. The lowest BCUT2D eigenvalue weighted by Crippen LogP contribution is -2.48. The fourth-order valence-electron chi connectivity index (χ4n) is 5.05. The molecule has 0 spiro atoms. The molecule has 1 aliphatic rings. The fraction of sp³-hybridized carbons (Fsp3) is 0.719. The van der Waals surface area contributed by atoms with E-state index in [1.807, 2.05) is 32.8 Å². The summed E-state index contributed by atoms with van der Waals surface area (Å²) in [6, 6.07) is 3.82. The monoisotopic (exact) mass is 644 g/mol. The molecule has 3 amide bonds. The summed E-state index contributed by atoms with van der Waals surface area (Å²) in [5.74, 6) is -1.26. The number of aliphatic hydroxyl groups excluding tert-OH is 1. The van der Waals surface area contributed by atoms with Gasteiger partial charge in [-0.1, -0.05) is 6.92 Å². The van der Waals surface area contributed by atoms with E-state index in [0.29, 0.717) is 26.0 Å². The van der Waals surface area contributed by atoms with Crippen LogP contribution in [0.4, 0.5) is 18.9 Å². The van der Waals surface area contributed by atoms with Crippen molar-refractivity contribution in [3.05, 3.63) is 23.8 Å². The third kappa shape index (κ3) is 13.5. The fourth-order valence-corrected chi connectivity index (χ4v) is 5.05. The van der Waals surface area contributed by atoms with Crippen molar-refractivity contribution >= 4 is 23.4 Å². The lowest BCUT2D eigenvalue weighted by Gasteiger charge is -2.36. The highest BCUT2D eigenvalue weighted by Crippen LogP contribution is 2.29. The molecular formula is C32H51F3N4O6. The quantitative estimate of drug-likeness (QED) is 0.363. The normalized spacial score (nSPS) is 21.0. The SMILES string of the molecule is C[C@@H]1CCCCO[C@@H](CN(C)C(=O)CCCN(C)C)[C@H](C)CN([C@@H](C)CO)C(=O)c2cc(NC(=O)CCC(F)(F)F)ccc2O1. The first-order valence-electron chi connectivity index (χ1n) is 15.7. The Morgan fingerprint density at radius 3 is 2.51 bits per heavy atom. The molecule has 0 unspecified atom stereocenters. The molecule has 1 aromatic carbocycles. The van der Waals surface area contributed by atoms with Gasteiger partial charge < -0.3 is 34.6 Å². The molecule has 10 nitrogen and oxygen atoms in total. The molecule has 45 heavy (non-hydrogen) atoms. The standard InChI is InChI=1S/C32H51F3N4O6/c1-22-19-39(23(2)21-40)31(43)26-18-25(36-29(41)14-15-32(33,34)35)12-13-27(26)45-24(3)10-7-8-17-44-28(22)20-38(6)30(42)11-9-16-37(4)5/h12-13,18,22-24,28,40H,7-11,14-17,19-21H2,1-6H3,(H,36,41)/t22-,23+,24-,28+/m1/s1. The maximum Gasteiger partial charge on any atom is 0.389 e.